The van der Waals surface area contributed by atoms with Crippen molar-refractivity contribution < 1.29 is 9.53 Å². The maximum atomic E-state index is 11.4. The Balaban J connectivity index is 2.36. The Morgan fingerprint density at radius 3 is 2.94 bits per heavy atom. The van der Waals surface area contributed by atoms with Gasteiger partial charge in [0.25, 0.3) is 0 Å². The zero-order valence-electron chi connectivity index (χ0n) is 10.3. The Bertz CT molecular complexity index is 583. The van der Waals surface area contributed by atoms with Crippen molar-refractivity contribution in [1.29, 1.82) is 0 Å². The van der Waals surface area contributed by atoms with Crippen LogP contribution in [0.5, 0.6) is 0 Å². The standard InChI is InChI=1S/C13H15N3O2/c1-8(13(17)18-2)16-11-5-6-15-12-7-9(14)3-4-10(11)12/h3-8H,14H2,1-2H3,(H,15,16). The van der Waals surface area contributed by atoms with Gasteiger partial charge in [0.15, 0.2) is 0 Å². The molecule has 0 spiro atoms. The molecular weight excluding hydrogens is 230 g/mol. The number of aromatic nitrogens is 1. The zero-order chi connectivity index (χ0) is 13.1. The van der Waals surface area contributed by atoms with Gasteiger partial charge < -0.3 is 15.8 Å². The van der Waals surface area contributed by atoms with Crippen LogP contribution < -0.4 is 11.1 Å². The van der Waals surface area contributed by atoms with Crippen molar-refractivity contribution >= 4 is 28.2 Å². The lowest BCUT2D eigenvalue weighted by Crippen LogP contribution is -2.27. The Kier molecular flexibility index (Phi) is 3.32. The highest BCUT2D eigenvalue weighted by molar-refractivity contribution is 5.94. The van der Waals surface area contributed by atoms with Crippen LogP contribution in [0.15, 0.2) is 30.5 Å². The second-order valence-electron chi connectivity index (χ2n) is 4.02. The quantitative estimate of drug-likeness (QED) is 0.636. The number of hydrogen-bond acceptors (Lipinski definition) is 5. The molecule has 0 fully saturated rings. The molecule has 0 aliphatic rings. The summed E-state index contributed by atoms with van der Waals surface area (Å²) in [6.07, 6.45) is 1.67. The molecule has 94 valence electrons. The lowest BCUT2D eigenvalue weighted by molar-refractivity contribution is -0.141. The average molecular weight is 245 g/mol. The van der Waals surface area contributed by atoms with E-state index in [1.54, 1.807) is 25.3 Å². The SMILES string of the molecule is COC(=O)C(C)Nc1ccnc2cc(N)ccc12. The number of carbonyl (C=O) groups is 1. The van der Waals surface area contributed by atoms with Crippen LogP contribution in [0.25, 0.3) is 10.9 Å². The first-order valence-corrected chi connectivity index (χ1v) is 5.60. The summed E-state index contributed by atoms with van der Waals surface area (Å²) in [6, 6.07) is 6.88. The third kappa shape index (κ3) is 2.34. The molecule has 0 saturated carbocycles. The highest BCUT2D eigenvalue weighted by Crippen LogP contribution is 2.23. The zero-order valence-corrected chi connectivity index (χ0v) is 10.3. The number of fused-ring (bicyclic) bond motifs is 1. The van der Waals surface area contributed by atoms with Crippen molar-refractivity contribution in [3.05, 3.63) is 30.5 Å². The maximum absolute atomic E-state index is 11.4. The van der Waals surface area contributed by atoms with Crippen LogP contribution in [0, 0.1) is 0 Å². The summed E-state index contributed by atoms with van der Waals surface area (Å²) >= 11 is 0. The van der Waals surface area contributed by atoms with Crippen LogP contribution in [0.1, 0.15) is 6.92 Å². The van der Waals surface area contributed by atoms with Crippen molar-refractivity contribution in [2.45, 2.75) is 13.0 Å². The second kappa shape index (κ2) is 4.91. The van der Waals surface area contributed by atoms with Gasteiger partial charge in [-0.3, -0.25) is 4.98 Å². The fourth-order valence-electron chi connectivity index (χ4n) is 1.76. The normalized spacial score (nSPS) is 12.1. The molecule has 0 aliphatic heterocycles. The van der Waals surface area contributed by atoms with Gasteiger partial charge in [0.1, 0.15) is 6.04 Å². The first-order chi connectivity index (χ1) is 8.61. The molecule has 3 N–H and O–H groups in total. The minimum atomic E-state index is -0.418. The van der Waals surface area contributed by atoms with Crippen LogP contribution in [-0.4, -0.2) is 24.1 Å². The summed E-state index contributed by atoms with van der Waals surface area (Å²) in [5, 5.41) is 4.02. The fraction of sp³-hybridized carbons (Fsp3) is 0.231. The van der Waals surface area contributed by atoms with Gasteiger partial charge in [-0.15, -0.1) is 0 Å². The van der Waals surface area contributed by atoms with Crippen molar-refractivity contribution in [3.8, 4) is 0 Å². The van der Waals surface area contributed by atoms with E-state index in [4.69, 9.17) is 5.73 Å². The van der Waals surface area contributed by atoms with Crippen LogP contribution in [0.2, 0.25) is 0 Å². The molecule has 18 heavy (non-hydrogen) atoms. The van der Waals surface area contributed by atoms with Gasteiger partial charge >= 0.3 is 5.97 Å². The number of nitrogens with two attached hydrogens (primary N) is 1. The number of esters is 1. The average Bonchev–Trinajstić information content (AvgIpc) is 2.37. The molecule has 0 radical (unpaired) electrons. The van der Waals surface area contributed by atoms with Crippen molar-refractivity contribution in [2.24, 2.45) is 0 Å². The number of nitrogens with one attached hydrogen (secondary N) is 1. The largest absolute Gasteiger partial charge is 0.467 e. The number of nitrogen functional groups attached to an aromatic ring is 1. The summed E-state index contributed by atoms with van der Waals surface area (Å²) in [5.41, 5.74) is 7.99. The highest BCUT2D eigenvalue weighted by atomic mass is 16.5. The molecule has 1 aromatic heterocycles. The summed E-state index contributed by atoms with van der Waals surface area (Å²) < 4.78 is 4.68. The third-order valence-corrected chi connectivity index (χ3v) is 2.69. The Morgan fingerprint density at radius 2 is 2.22 bits per heavy atom. The van der Waals surface area contributed by atoms with Crippen LogP contribution >= 0.6 is 0 Å². The van der Waals surface area contributed by atoms with Crippen molar-refractivity contribution in [1.82, 2.24) is 4.98 Å². The molecule has 0 saturated heterocycles. The summed E-state index contributed by atoms with van der Waals surface area (Å²) in [4.78, 5) is 15.6. The molecule has 1 aromatic carbocycles. The minimum Gasteiger partial charge on any atom is -0.467 e. The van der Waals surface area contributed by atoms with Crippen LogP contribution in [-0.2, 0) is 9.53 Å². The van der Waals surface area contributed by atoms with E-state index in [9.17, 15) is 4.79 Å². The van der Waals surface area contributed by atoms with Gasteiger partial charge in [0, 0.05) is 23.0 Å². The summed E-state index contributed by atoms with van der Waals surface area (Å²) in [6.45, 7) is 1.75. The molecule has 2 aromatic rings. The second-order valence-corrected chi connectivity index (χ2v) is 4.02. The maximum Gasteiger partial charge on any atom is 0.327 e. The molecule has 0 amide bonds. The lowest BCUT2D eigenvalue weighted by Gasteiger charge is -2.14. The number of ether oxygens (including phenoxy) is 1. The van der Waals surface area contributed by atoms with E-state index in [1.807, 2.05) is 12.1 Å². The van der Waals surface area contributed by atoms with Gasteiger partial charge in [0.05, 0.1) is 12.6 Å². The van der Waals surface area contributed by atoms with Gasteiger partial charge in [-0.05, 0) is 31.2 Å². The van der Waals surface area contributed by atoms with E-state index in [-0.39, 0.29) is 5.97 Å². The number of nitrogens with zero attached hydrogens (tertiary/aromatic N) is 1. The predicted octanol–water partition coefficient (Wildman–Crippen LogP) is 1.79. The van der Waals surface area contributed by atoms with E-state index in [2.05, 4.69) is 15.0 Å². The molecule has 0 aliphatic carbocycles. The number of carbonyl (C=O) groups excluding carboxylic acids is 1. The van der Waals surface area contributed by atoms with Gasteiger partial charge in [-0.1, -0.05) is 0 Å². The van der Waals surface area contributed by atoms with Crippen molar-refractivity contribution in [2.75, 3.05) is 18.2 Å². The fourth-order valence-corrected chi connectivity index (χ4v) is 1.76. The number of rotatable bonds is 3. The van der Waals surface area contributed by atoms with E-state index >= 15 is 0 Å². The van der Waals surface area contributed by atoms with E-state index in [0.29, 0.717) is 5.69 Å². The molecular formula is C13H15N3O2. The van der Waals surface area contributed by atoms with Crippen molar-refractivity contribution in [3.63, 3.8) is 0 Å². The van der Waals surface area contributed by atoms with Crippen LogP contribution in [0.3, 0.4) is 0 Å². The molecule has 5 nitrogen and oxygen atoms in total. The van der Waals surface area contributed by atoms with E-state index in [0.717, 1.165) is 16.6 Å². The predicted molar refractivity (Wildman–Crippen MR) is 71.3 cm³/mol. The number of hydrogen-bond donors (Lipinski definition) is 2. The number of benzene rings is 1. The van der Waals surface area contributed by atoms with Crippen LogP contribution in [0.4, 0.5) is 11.4 Å². The topological polar surface area (TPSA) is 77.2 Å². The Labute approximate surface area is 105 Å². The number of pyridine rings is 1. The molecule has 1 unspecified atom stereocenters. The monoisotopic (exact) mass is 245 g/mol. The lowest BCUT2D eigenvalue weighted by atomic mass is 10.1. The summed E-state index contributed by atoms with van der Waals surface area (Å²) in [7, 11) is 1.37. The van der Waals surface area contributed by atoms with Gasteiger partial charge in [-0.2, -0.15) is 0 Å². The highest BCUT2D eigenvalue weighted by Gasteiger charge is 2.13. The Hall–Kier alpha value is -2.30. The van der Waals surface area contributed by atoms with E-state index < -0.39 is 6.04 Å². The van der Waals surface area contributed by atoms with E-state index in [1.165, 1.54) is 7.11 Å². The third-order valence-electron chi connectivity index (χ3n) is 2.69. The molecule has 5 heteroatoms. The smallest absolute Gasteiger partial charge is 0.327 e. The molecule has 1 atom stereocenters. The Morgan fingerprint density at radius 1 is 1.44 bits per heavy atom. The summed E-state index contributed by atoms with van der Waals surface area (Å²) in [5.74, 6) is -0.310. The minimum absolute atomic E-state index is 0.310. The van der Waals surface area contributed by atoms with Gasteiger partial charge in [0.2, 0.25) is 0 Å². The molecule has 1 heterocycles. The first-order valence-electron chi connectivity index (χ1n) is 5.60. The number of anilines is 2. The number of methoxy groups -OCH3 is 1. The first kappa shape index (κ1) is 12.2. The van der Waals surface area contributed by atoms with Gasteiger partial charge in [-0.25, -0.2) is 4.79 Å². The molecule has 0 bridgehead atoms. The molecule has 2 rings (SSSR count).